The van der Waals surface area contributed by atoms with Crippen molar-refractivity contribution in [3.05, 3.63) is 57.7 Å². The van der Waals surface area contributed by atoms with Crippen molar-refractivity contribution in [1.82, 2.24) is 14.8 Å². The second-order valence-electron chi connectivity index (χ2n) is 7.54. The number of thioether (sulfide) groups is 1. The van der Waals surface area contributed by atoms with Crippen LogP contribution in [0.4, 0.5) is 5.00 Å². The number of carbonyl (C=O) groups is 1. The molecule has 0 saturated carbocycles. The molecule has 3 aromatic rings. The first-order valence-electron chi connectivity index (χ1n) is 10.4. The standard InChI is InChI=1S/C22H27N5OS2/c1-3-27-18(12-15-8-5-4-6-9-15)25-26-22(27)29-14(2)13-24-21-19(20(23)28)16-10-7-11-17(16)30-21/h4-6,8-9,14,24H,3,7,10-13H2,1-2H3,(H2,23,28). The van der Waals surface area contributed by atoms with Crippen LogP contribution in [0, 0.1) is 0 Å². The second-order valence-corrected chi connectivity index (χ2v) is 10.1. The number of carbonyl (C=O) groups excluding carboxylic acids is 1. The van der Waals surface area contributed by atoms with E-state index < -0.39 is 0 Å². The average Bonchev–Trinajstić information content (AvgIpc) is 3.41. The van der Waals surface area contributed by atoms with Crippen molar-refractivity contribution in [1.29, 1.82) is 0 Å². The van der Waals surface area contributed by atoms with Crippen LogP contribution in [-0.2, 0) is 25.8 Å². The van der Waals surface area contributed by atoms with Gasteiger partial charge in [-0.2, -0.15) is 0 Å². The number of thiophene rings is 1. The van der Waals surface area contributed by atoms with Gasteiger partial charge >= 0.3 is 0 Å². The molecule has 0 saturated heterocycles. The van der Waals surface area contributed by atoms with Crippen LogP contribution < -0.4 is 11.1 Å². The van der Waals surface area contributed by atoms with Gasteiger partial charge in [0.1, 0.15) is 10.8 Å². The van der Waals surface area contributed by atoms with E-state index in [0.717, 1.165) is 60.3 Å². The van der Waals surface area contributed by atoms with Gasteiger partial charge in [0, 0.05) is 29.6 Å². The van der Waals surface area contributed by atoms with Gasteiger partial charge in [0.25, 0.3) is 5.91 Å². The number of fused-ring (bicyclic) bond motifs is 1. The highest BCUT2D eigenvalue weighted by Gasteiger charge is 2.25. The van der Waals surface area contributed by atoms with Crippen molar-refractivity contribution < 1.29 is 4.79 Å². The van der Waals surface area contributed by atoms with Crippen LogP contribution in [0.3, 0.4) is 0 Å². The summed E-state index contributed by atoms with van der Waals surface area (Å²) in [5.41, 5.74) is 8.76. The van der Waals surface area contributed by atoms with Crippen molar-refractivity contribution in [2.75, 3.05) is 11.9 Å². The first-order valence-corrected chi connectivity index (χ1v) is 12.1. The average molecular weight is 442 g/mol. The number of amides is 1. The number of nitrogens with zero attached hydrogens (tertiary/aromatic N) is 3. The number of aryl methyl sites for hydroxylation is 1. The van der Waals surface area contributed by atoms with Gasteiger partial charge in [0.15, 0.2) is 5.16 Å². The Labute approximate surface area is 185 Å². The molecule has 4 rings (SSSR count). The maximum absolute atomic E-state index is 12.0. The number of nitrogens with one attached hydrogen (secondary N) is 1. The lowest BCUT2D eigenvalue weighted by Crippen LogP contribution is -2.18. The molecule has 2 heterocycles. The van der Waals surface area contributed by atoms with Gasteiger partial charge in [-0.3, -0.25) is 4.79 Å². The highest BCUT2D eigenvalue weighted by molar-refractivity contribution is 7.99. The summed E-state index contributed by atoms with van der Waals surface area (Å²) in [5.74, 6) is 0.658. The third-order valence-electron chi connectivity index (χ3n) is 5.34. The van der Waals surface area contributed by atoms with E-state index in [1.54, 1.807) is 23.1 Å². The largest absolute Gasteiger partial charge is 0.375 e. The third kappa shape index (κ3) is 4.39. The third-order valence-corrected chi connectivity index (χ3v) is 7.67. The van der Waals surface area contributed by atoms with Crippen LogP contribution in [0.2, 0.25) is 0 Å². The zero-order chi connectivity index (χ0) is 21.1. The fourth-order valence-electron chi connectivity index (χ4n) is 3.88. The number of nitrogens with two attached hydrogens (primary N) is 1. The minimum absolute atomic E-state index is 0.266. The molecule has 8 heteroatoms. The Morgan fingerprint density at radius 1 is 1.30 bits per heavy atom. The summed E-state index contributed by atoms with van der Waals surface area (Å²) in [6.07, 6.45) is 3.90. The minimum Gasteiger partial charge on any atom is -0.375 e. The SMILES string of the molecule is CCn1c(Cc2ccccc2)nnc1SC(C)CNc1sc2c(c1C(N)=O)CCC2. The maximum Gasteiger partial charge on any atom is 0.251 e. The number of benzene rings is 1. The molecule has 0 bridgehead atoms. The number of anilines is 1. The molecule has 1 aliphatic carbocycles. The molecule has 30 heavy (non-hydrogen) atoms. The van der Waals surface area contributed by atoms with Gasteiger partial charge in [0.2, 0.25) is 0 Å². The zero-order valence-corrected chi connectivity index (χ0v) is 19.0. The van der Waals surface area contributed by atoms with E-state index in [1.165, 1.54) is 10.4 Å². The summed E-state index contributed by atoms with van der Waals surface area (Å²) in [6.45, 7) is 5.85. The molecule has 6 nitrogen and oxygen atoms in total. The van der Waals surface area contributed by atoms with Gasteiger partial charge in [-0.25, -0.2) is 0 Å². The number of hydrogen-bond acceptors (Lipinski definition) is 6. The van der Waals surface area contributed by atoms with Crippen LogP contribution in [0.1, 0.15) is 52.5 Å². The first kappa shape index (κ1) is 20.9. The lowest BCUT2D eigenvalue weighted by atomic mass is 10.1. The molecule has 0 fully saturated rings. The molecule has 1 aliphatic rings. The summed E-state index contributed by atoms with van der Waals surface area (Å²) in [5, 5.41) is 14.5. The van der Waals surface area contributed by atoms with Gasteiger partial charge in [-0.15, -0.1) is 21.5 Å². The van der Waals surface area contributed by atoms with E-state index >= 15 is 0 Å². The molecule has 1 amide bonds. The van der Waals surface area contributed by atoms with Crippen molar-refractivity contribution in [2.24, 2.45) is 5.73 Å². The Morgan fingerprint density at radius 3 is 2.83 bits per heavy atom. The second kappa shape index (κ2) is 9.22. The number of rotatable bonds is 9. The number of primary amides is 1. The van der Waals surface area contributed by atoms with E-state index in [1.807, 2.05) is 18.2 Å². The Bertz CT molecular complexity index is 1030. The monoisotopic (exact) mass is 441 g/mol. The van der Waals surface area contributed by atoms with E-state index in [0.29, 0.717) is 5.56 Å². The molecular formula is C22H27N5OS2. The van der Waals surface area contributed by atoms with Gasteiger partial charge < -0.3 is 15.6 Å². The van der Waals surface area contributed by atoms with E-state index in [-0.39, 0.29) is 11.2 Å². The fourth-order valence-corrected chi connectivity index (χ4v) is 6.16. The molecule has 158 valence electrons. The Hall–Kier alpha value is -2.32. The molecule has 0 spiro atoms. The van der Waals surface area contributed by atoms with E-state index in [2.05, 4.69) is 46.1 Å². The highest BCUT2D eigenvalue weighted by atomic mass is 32.2. The van der Waals surface area contributed by atoms with Gasteiger partial charge in [-0.05, 0) is 37.3 Å². The van der Waals surface area contributed by atoms with Gasteiger partial charge in [0.05, 0.1) is 5.56 Å². The van der Waals surface area contributed by atoms with Crippen molar-refractivity contribution >= 4 is 34.0 Å². The van der Waals surface area contributed by atoms with Gasteiger partial charge in [-0.1, -0.05) is 49.0 Å². The molecule has 2 aromatic heterocycles. The molecule has 3 N–H and O–H groups in total. The van der Waals surface area contributed by atoms with E-state index in [9.17, 15) is 4.79 Å². The summed E-state index contributed by atoms with van der Waals surface area (Å²) in [4.78, 5) is 13.3. The summed E-state index contributed by atoms with van der Waals surface area (Å²) in [7, 11) is 0. The molecule has 0 radical (unpaired) electrons. The number of aromatic nitrogens is 3. The maximum atomic E-state index is 12.0. The Morgan fingerprint density at radius 2 is 2.10 bits per heavy atom. The Balaban J connectivity index is 1.41. The molecule has 0 aliphatic heterocycles. The normalized spacial score (nSPS) is 13.9. The molecular weight excluding hydrogens is 414 g/mol. The quantitative estimate of drug-likeness (QED) is 0.488. The molecule has 1 aromatic carbocycles. The van der Waals surface area contributed by atoms with E-state index in [4.69, 9.17) is 5.73 Å². The van der Waals surface area contributed by atoms with Crippen LogP contribution in [0.5, 0.6) is 0 Å². The summed E-state index contributed by atoms with van der Waals surface area (Å²) < 4.78 is 2.18. The number of hydrogen-bond donors (Lipinski definition) is 2. The fraction of sp³-hybridized carbons (Fsp3) is 0.409. The van der Waals surface area contributed by atoms with Crippen molar-refractivity contribution in [3.8, 4) is 0 Å². The predicted molar refractivity (Wildman–Crippen MR) is 124 cm³/mol. The topological polar surface area (TPSA) is 85.8 Å². The van der Waals surface area contributed by atoms with Crippen LogP contribution >= 0.6 is 23.1 Å². The van der Waals surface area contributed by atoms with Crippen LogP contribution in [-0.4, -0.2) is 32.5 Å². The highest BCUT2D eigenvalue weighted by Crippen LogP contribution is 2.39. The predicted octanol–water partition coefficient (Wildman–Crippen LogP) is 4.13. The molecule has 1 atom stereocenters. The lowest BCUT2D eigenvalue weighted by Gasteiger charge is -2.14. The first-order chi connectivity index (χ1) is 14.6. The van der Waals surface area contributed by atoms with Crippen molar-refractivity contribution in [3.63, 3.8) is 0 Å². The lowest BCUT2D eigenvalue weighted by molar-refractivity contribution is 0.100. The summed E-state index contributed by atoms with van der Waals surface area (Å²) >= 11 is 3.39. The zero-order valence-electron chi connectivity index (χ0n) is 17.4. The van der Waals surface area contributed by atoms with Crippen molar-refractivity contribution in [2.45, 2.75) is 56.5 Å². The smallest absolute Gasteiger partial charge is 0.251 e. The van der Waals surface area contributed by atoms with Crippen LogP contribution in [0.25, 0.3) is 0 Å². The Kier molecular flexibility index (Phi) is 6.43. The minimum atomic E-state index is -0.325. The summed E-state index contributed by atoms with van der Waals surface area (Å²) in [6, 6.07) is 10.3. The molecule has 1 unspecified atom stereocenters. The van der Waals surface area contributed by atoms with Crippen LogP contribution in [0.15, 0.2) is 35.5 Å².